The van der Waals surface area contributed by atoms with E-state index in [1.54, 1.807) is 0 Å². The average molecular weight is 852 g/mol. The second-order valence-electron chi connectivity index (χ2n) is 11.0. The monoisotopic (exact) mass is 851 g/mol. The molecule has 0 spiro atoms. The number of nitrogens with two attached hydrogens (primary N) is 2. The molecule has 56 heavy (non-hydrogen) atoms. The number of benzene rings is 3. The van der Waals surface area contributed by atoms with Gasteiger partial charge < -0.3 is 22.1 Å². The highest BCUT2D eigenvalue weighted by Crippen LogP contribution is 2.36. The average Bonchev–Trinajstić information content (AvgIpc) is 3.10. The van der Waals surface area contributed by atoms with Crippen LogP contribution in [0.15, 0.2) is 110 Å². The zero-order valence-electron chi connectivity index (χ0n) is 27.9. The van der Waals surface area contributed by atoms with Crippen LogP contribution in [0.4, 0.5) is 40.3 Å². The van der Waals surface area contributed by atoms with Crippen molar-refractivity contribution in [2.75, 3.05) is 28.7 Å². The number of carbonyl (C=O) groups excluding carboxylic acids is 1. The number of hydrogen-bond acceptors (Lipinski definition) is 18. The highest BCUT2D eigenvalue weighted by Gasteiger charge is 2.23. The summed E-state index contributed by atoms with van der Waals surface area (Å²) in [7, 11) is -18.4. The molecule has 23 nitrogen and oxygen atoms in total. The van der Waals surface area contributed by atoms with E-state index in [1.807, 2.05) is 0 Å². The number of sulfone groups is 1. The summed E-state index contributed by atoms with van der Waals surface area (Å²) < 4.78 is 128. The summed E-state index contributed by atoms with van der Waals surface area (Å²) in [6.07, 6.45) is 2.79. The van der Waals surface area contributed by atoms with E-state index in [9.17, 15) is 47.6 Å². The molecule has 0 aliphatic rings. The number of nitrogens with zero attached hydrogens (tertiary/aromatic N) is 6. The van der Waals surface area contributed by atoms with E-state index in [-0.39, 0.29) is 51.1 Å². The molecule has 0 saturated heterocycles. The number of pyridine rings is 1. The molecular weight excluding hydrogens is 825 g/mol. The Morgan fingerprint density at radius 1 is 0.768 bits per heavy atom. The number of aromatic nitrogens is 4. The van der Waals surface area contributed by atoms with E-state index in [0.29, 0.717) is 0 Å². The molecule has 0 bridgehead atoms. The highest BCUT2D eigenvalue weighted by atomic mass is 32.3. The third kappa shape index (κ3) is 10.8. The first-order chi connectivity index (χ1) is 26.1. The van der Waals surface area contributed by atoms with Crippen LogP contribution >= 0.6 is 0 Å². The van der Waals surface area contributed by atoms with E-state index in [0.717, 1.165) is 36.4 Å². The van der Waals surface area contributed by atoms with Crippen molar-refractivity contribution in [3.8, 4) is 5.95 Å². The minimum absolute atomic E-state index is 0.0335. The van der Waals surface area contributed by atoms with Crippen molar-refractivity contribution in [2.24, 2.45) is 16.0 Å². The number of hydrogen-bond donors (Lipinski definition) is 7. The summed E-state index contributed by atoms with van der Waals surface area (Å²) >= 11 is 0. The van der Waals surface area contributed by atoms with Crippen LogP contribution < -0.4 is 26.7 Å². The molecule has 294 valence electrons. The van der Waals surface area contributed by atoms with Gasteiger partial charge in [-0.25, -0.2) is 17.2 Å². The molecule has 27 heteroatoms. The first-order valence-corrected chi connectivity index (χ1v) is 20.9. The van der Waals surface area contributed by atoms with Gasteiger partial charge in [0.1, 0.15) is 10.6 Å². The molecule has 5 rings (SSSR count). The van der Waals surface area contributed by atoms with Crippen molar-refractivity contribution in [1.82, 2.24) is 15.0 Å². The summed E-state index contributed by atoms with van der Waals surface area (Å²) in [5.41, 5.74) is 10.8. The fourth-order valence-electron chi connectivity index (χ4n) is 4.49. The lowest BCUT2D eigenvalue weighted by Crippen LogP contribution is -2.33. The summed E-state index contributed by atoms with van der Waals surface area (Å²) in [4.78, 5) is 23.1. The number of carbonyl (C=O) groups is 1. The molecule has 0 atom stereocenters. The molecular formula is C29H27N10O13S4+. The number of nitrogens with one attached hydrogen (secondary N) is 2. The predicted octanol–water partition coefficient (Wildman–Crippen LogP) is 1.82. The van der Waals surface area contributed by atoms with Crippen molar-refractivity contribution in [2.45, 2.75) is 14.7 Å². The van der Waals surface area contributed by atoms with Gasteiger partial charge in [-0.3, -0.25) is 18.5 Å². The highest BCUT2D eigenvalue weighted by molar-refractivity contribution is 7.91. The topological polar surface area (TPSA) is 367 Å². The summed E-state index contributed by atoms with van der Waals surface area (Å²) in [5.74, 6) is -2.08. The van der Waals surface area contributed by atoms with Crippen molar-refractivity contribution < 1.29 is 60.9 Å². The van der Waals surface area contributed by atoms with Crippen LogP contribution in [-0.2, 0) is 44.7 Å². The van der Waals surface area contributed by atoms with E-state index in [2.05, 4.69) is 40.0 Å². The second kappa shape index (κ2) is 16.0. The van der Waals surface area contributed by atoms with Crippen molar-refractivity contribution in [1.29, 1.82) is 0 Å². The zero-order chi connectivity index (χ0) is 41.1. The lowest BCUT2D eigenvalue weighted by molar-refractivity contribution is -0.603. The minimum atomic E-state index is -4.91. The number of rotatable bonds is 15. The van der Waals surface area contributed by atoms with Gasteiger partial charge in [0.25, 0.3) is 20.2 Å². The SMILES string of the molecule is NC(=O)c1cc[n+](-c2nc(Nc3cccc(S(=O)(=O)O)c3)nc(Nc3cc(N)c(S(=O)(=O)O)cc3N=Nc3ccc(S(=O)(=O)CCOS(=O)(=O)O)cc3)n2)cc1. The third-order valence-corrected chi connectivity index (χ3v) is 11.0. The Morgan fingerprint density at radius 2 is 1.41 bits per heavy atom. The molecule has 9 N–H and O–H groups in total. The second-order valence-corrected chi connectivity index (χ2v) is 17.1. The van der Waals surface area contributed by atoms with Gasteiger partial charge in [-0.05, 0) is 76.7 Å². The largest absolute Gasteiger partial charge is 0.444 e. The number of azo groups is 1. The molecule has 0 radical (unpaired) electrons. The Kier molecular flexibility index (Phi) is 11.7. The quantitative estimate of drug-likeness (QED) is 0.0342. The Morgan fingerprint density at radius 3 is 2.00 bits per heavy atom. The number of nitrogen functional groups attached to an aromatic ring is 1. The third-order valence-electron chi connectivity index (χ3n) is 7.06. The predicted molar refractivity (Wildman–Crippen MR) is 194 cm³/mol. The van der Waals surface area contributed by atoms with E-state index in [4.69, 9.17) is 16.0 Å². The Balaban J connectivity index is 1.54. The van der Waals surface area contributed by atoms with E-state index in [1.165, 1.54) is 53.4 Å². The molecule has 0 unspecified atom stereocenters. The fourth-order valence-corrected chi connectivity index (χ4v) is 7.12. The summed E-state index contributed by atoms with van der Waals surface area (Å²) in [6, 6.07) is 14.3. The van der Waals surface area contributed by atoms with Gasteiger partial charge in [0.2, 0.25) is 5.91 Å². The molecule has 0 aliphatic carbocycles. The van der Waals surface area contributed by atoms with Crippen molar-refractivity contribution in [3.63, 3.8) is 0 Å². The fraction of sp³-hybridized carbons (Fsp3) is 0.0690. The number of anilines is 5. The van der Waals surface area contributed by atoms with Crippen LogP contribution in [0, 0.1) is 0 Å². The molecule has 3 aromatic carbocycles. The summed E-state index contributed by atoms with van der Waals surface area (Å²) in [6.45, 7) is -0.854. The van der Waals surface area contributed by atoms with Crippen LogP contribution in [0.2, 0.25) is 0 Å². The van der Waals surface area contributed by atoms with Gasteiger partial charge in [-0.2, -0.15) is 30.4 Å². The maximum Gasteiger partial charge on any atom is 0.444 e. The van der Waals surface area contributed by atoms with Crippen LogP contribution in [0.3, 0.4) is 0 Å². The molecule has 1 amide bonds. The molecule has 0 saturated carbocycles. The Labute approximate surface area is 317 Å². The first-order valence-electron chi connectivity index (χ1n) is 15.0. The maximum atomic E-state index is 12.5. The van der Waals surface area contributed by atoms with E-state index >= 15 is 0 Å². The van der Waals surface area contributed by atoms with Crippen LogP contribution in [0.1, 0.15) is 10.4 Å². The normalized spacial score (nSPS) is 12.4. The van der Waals surface area contributed by atoms with Crippen LogP contribution in [-0.4, -0.2) is 80.5 Å². The molecule has 2 heterocycles. The van der Waals surface area contributed by atoms with Crippen molar-refractivity contribution in [3.05, 3.63) is 90.8 Å². The summed E-state index contributed by atoms with van der Waals surface area (Å²) in [5, 5.41) is 13.6. The van der Waals surface area contributed by atoms with E-state index < -0.39 is 74.2 Å². The molecule has 2 aromatic heterocycles. The minimum Gasteiger partial charge on any atom is -0.398 e. The smallest absolute Gasteiger partial charge is 0.398 e. The molecule has 0 aliphatic heterocycles. The van der Waals surface area contributed by atoms with Gasteiger partial charge in [0.05, 0.1) is 51.6 Å². The maximum absolute atomic E-state index is 12.5. The first kappa shape index (κ1) is 41.1. The van der Waals surface area contributed by atoms with Gasteiger partial charge in [0.15, 0.2) is 9.84 Å². The Bertz CT molecular complexity index is 2810. The van der Waals surface area contributed by atoms with Gasteiger partial charge in [-0.15, -0.1) is 10.1 Å². The van der Waals surface area contributed by atoms with Gasteiger partial charge in [-0.1, -0.05) is 6.07 Å². The number of amides is 1. The zero-order valence-corrected chi connectivity index (χ0v) is 31.2. The van der Waals surface area contributed by atoms with Crippen LogP contribution in [0.5, 0.6) is 0 Å². The van der Waals surface area contributed by atoms with Gasteiger partial charge in [0, 0.05) is 11.3 Å². The standard InChI is InChI=1S/C29H26N10O13S4/c30-22-15-23(24(16-25(22)55(46,47)48)38-37-18-4-6-20(7-5-18)53(41,42)13-12-52-56(49,50)51)33-28-34-27(32-19-2-1-3-21(14-19)54(43,44)45)35-29(36-28)39-10-8-17(9-11-39)26(31)40/h1-11,14-16H,12-13H2,(H8-,30,31,32,33,34,35,36,37,40,43,44,45,46,47,48,49,50,51)/p+1. The van der Waals surface area contributed by atoms with Crippen molar-refractivity contribution >= 4 is 86.7 Å². The van der Waals surface area contributed by atoms with Crippen LogP contribution in [0.25, 0.3) is 5.95 Å². The molecule has 5 aromatic rings. The Hall–Kier alpha value is -6.07. The molecule has 0 fully saturated rings. The lowest BCUT2D eigenvalue weighted by Gasteiger charge is -2.11. The van der Waals surface area contributed by atoms with Gasteiger partial charge >= 0.3 is 28.2 Å². The number of primary amides is 1. The lowest BCUT2D eigenvalue weighted by atomic mass is 10.2.